The molecule has 0 bridgehead atoms. The van der Waals surface area contributed by atoms with Crippen molar-refractivity contribution in [2.24, 2.45) is 5.92 Å². The van der Waals surface area contributed by atoms with E-state index < -0.39 is 5.97 Å². The Kier molecular flexibility index (Phi) is 7.92. The number of carbonyl (C=O) groups is 2. The van der Waals surface area contributed by atoms with Crippen LogP contribution in [0, 0.1) is 5.92 Å². The highest BCUT2D eigenvalue weighted by Gasteiger charge is 2.19. The van der Waals surface area contributed by atoms with Crippen LogP contribution in [-0.2, 0) is 16.0 Å². The highest BCUT2D eigenvalue weighted by molar-refractivity contribution is 5.93. The number of nitrogens with one attached hydrogen (secondary N) is 2. The van der Waals surface area contributed by atoms with Gasteiger partial charge in [0.15, 0.2) is 17.1 Å². The van der Waals surface area contributed by atoms with Crippen molar-refractivity contribution in [2.45, 2.75) is 32.8 Å². The molecule has 0 saturated heterocycles. The number of fused-ring (bicyclic) bond motifs is 1. The number of para-hydroxylation sites is 1. The molecule has 2 unspecified atom stereocenters. The molecule has 192 valence electrons. The van der Waals surface area contributed by atoms with Crippen LogP contribution < -0.4 is 20.1 Å². The average Bonchev–Trinajstić information content (AvgIpc) is 3.25. The van der Waals surface area contributed by atoms with Gasteiger partial charge in [-0.2, -0.15) is 4.98 Å². The maximum absolute atomic E-state index is 12.8. The largest absolute Gasteiger partial charge is 0.493 e. The molecule has 1 aromatic heterocycles. The van der Waals surface area contributed by atoms with Crippen LogP contribution in [0.1, 0.15) is 25.8 Å². The van der Waals surface area contributed by atoms with Crippen molar-refractivity contribution in [3.63, 3.8) is 0 Å². The molecule has 3 N–H and O–H groups in total. The van der Waals surface area contributed by atoms with Gasteiger partial charge in [-0.05, 0) is 48.9 Å². The lowest BCUT2D eigenvalue weighted by molar-refractivity contribution is -0.138. The van der Waals surface area contributed by atoms with Crippen LogP contribution in [0.25, 0.3) is 11.1 Å². The lowest BCUT2D eigenvalue weighted by Crippen LogP contribution is -2.24. The topological polar surface area (TPSA) is 123 Å². The summed E-state index contributed by atoms with van der Waals surface area (Å²) in [6, 6.07) is 20.5. The molecule has 37 heavy (non-hydrogen) atoms. The van der Waals surface area contributed by atoms with E-state index in [1.54, 1.807) is 31.2 Å². The van der Waals surface area contributed by atoms with Crippen LogP contribution in [0.15, 0.2) is 71.1 Å². The monoisotopic (exact) mass is 503 g/mol. The molecule has 0 aliphatic rings. The Balaban J connectivity index is 1.41. The number of ether oxygens (including phenoxy) is 2. The lowest BCUT2D eigenvalue weighted by atomic mass is 10.0. The van der Waals surface area contributed by atoms with Gasteiger partial charge in [0, 0.05) is 23.4 Å². The predicted molar refractivity (Wildman–Crippen MR) is 141 cm³/mol. The summed E-state index contributed by atoms with van der Waals surface area (Å²) in [6.07, 6.45) is -0.253. The van der Waals surface area contributed by atoms with E-state index in [9.17, 15) is 9.59 Å². The fourth-order valence-electron chi connectivity index (χ4n) is 3.77. The number of anilines is 3. The Morgan fingerprint density at radius 2 is 1.78 bits per heavy atom. The molecule has 3 aromatic carbocycles. The van der Waals surface area contributed by atoms with Crippen LogP contribution in [0.3, 0.4) is 0 Å². The summed E-state index contributed by atoms with van der Waals surface area (Å²) in [7, 11) is 1.52. The molecular weight excluding hydrogens is 474 g/mol. The smallest absolute Gasteiger partial charge is 0.303 e. The molecule has 0 radical (unpaired) electrons. The van der Waals surface area contributed by atoms with Crippen molar-refractivity contribution in [1.82, 2.24) is 4.98 Å². The number of hydrogen-bond acceptors (Lipinski definition) is 7. The van der Waals surface area contributed by atoms with Crippen molar-refractivity contribution in [3.05, 3.63) is 72.3 Å². The van der Waals surface area contributed by atoms with Crippen molar-refractivity contribution in [2.75, 3.05) is 17.7 Å². The van der Waals surface area contributed by atoms with Gasteiger partial charge in [-0.25, -0.2) is 0 Å². The predicted octanol–water partition coefficient (Wildman–Crippen LogP) is 5.64. The quantitative estimate of drug-likeness (QED) is 0.240. The van der Waals surface area contributed by atoms with E-state index in [0.29, 0.717) is 34.3 Å². The molecule has 0 aliphatic carbocycles. The van der Waals surface area contributed by atoms with Gasteiger partial charge in [0.05, 0.1) is 26.1 Å². The number of carbonyl (C=O) groups excluding carboxylic acids is 1. The van der Waals surface area contributed by atoms with E-state index in [2.05, 4.69) is 15.6 Å². The minimum Gasteiger partial charge on any atom is -0.493 e. The zero-order valence-corrected chi connectivity index (χ0v) is 20.9. The van der Waals surface area contributed by atoms with Gasteiger partial charge in [-0.1, -0.05) is 31.2 Å². The number of amides is 1. The van der Waals surface area contributed by atoms with Crippen LogP contribution in [-0.4, -0.2) is 35.2 Å². The molecule has 4 rings (SSSR count). The Labute approximate surface area is 214 Å². The third kappa shape index (κ3) is 6.78. The number of rotatable bonds is 11. The number of methoxy groups -OCH3 is 1. The van der Waals surface area contributed by atoms with E-state index in [-0.39, 0.29) is 30.8 Å². The highest BCUT2D eigenvalue weighted by atomic mass is 16.5. The number of carboxylic acid groups (broad SMARTS) is 1. The SMILES string of the molecule is COc1ccc(NC(=O)Cc2ccc3nc(Nc4ccccc4)oc3c2)cc1OC(C)C(C)CC(=O)O. The molecule has 0 spiro atoms. The second-order valence-corrected chi connectivity index (χ2v) is 8.80. The van der Waals surface area contributed by atoms with Gasteiger partial charge in [-0.3, -0.25) is 9.59 Å². The zero-order chi connectivity index (χ0) is 26.4. The molecule has 9 heteroatoms. The molecule has 1 heterocycles. The summed E-state index contributed by atoms with van der Waals surface area (Å²) in [5, 5.41) is 15.0. The van der Waals surface area contributed by atoms with Crippen LogP contribution >= 0.6 is 0 Å². The zero-order valence-electron chi connectivity index (χ0n) is 20.9. The number of carboxylic acids is 1. The number of aromatic nitrogens is 1. The van der Waals surface area contributed by atoms with E-state index in [1.165, 1.54) is 7.11 Å². The highest BCUT2D eigenvalue weighted by Crippen LogP contribution is 2.32. The normalized spacial score (nSPS) is 12.5. The summed E-state index contributed by atoms with van der Waals surface area (Å²) in [5.74, 6) is -0.405. The van der Waals surface area contributed by atoms with Gasteiger partial charge in [-0.15, -0.1) is 0 Å². The Morgan fingerprint density at radius 3 is 2.51 bits per heavy atom. The van der Waals surface area contributed by atoms with Gasteiger partial charge < -0.3 is 29.6 Å². The number of hydrogen-bond donors (Lipinski definition) is 3. The third-order valence-corrected chi connectivity index (χ3v) is 5.90. The molecular formula is C28H29N3O6. The first-order valence-corrected chi connectivity index (χ1v) is 11.9. The summed E-state index contributed by atoms with van der Waals surface area (Å²) in [5.41, 5.74) is 3.43. The van der Waals surface area contributed by atoms with E-state index in [4.69, 9.17) is 19.0 Å². The minimum absolute atomic E-state index is 0.0146. The maximum Gasteiger partial charge on any atom is 0.303 e. The second kappa shape index (κ2) is 11.5. The summed E-state index contributed by atoms with van der Waals surface area (Å²) in [6.45, 7) is 3.61. The van der Waals surface area contributed by atoms with Crippen molar-refractivity contribution >= 4 is 40.4 Å². The van der Waals surface area contributed by atoms with Gasteiger partial charge in [0.25, 0.3) is 6.01 Å². The molecule has 1 amide bonds. The molecule has 2 atom stereocenters. The molecule has 0 aliphatic heterocycles. The van der Waals surface area contributed by atoms with Crippen molar-refractivity contribution < 1.29 is 28.6 Å². The van der Waals surface area contributed by atoms with Crippen LogP contribution in [0.5, 0.6) is 11.5 Å². The molecule has 0 fully saturated rings. The second-order valence-electron chi connectivity index (χ2n) is 8.80. The fourth-order valence-corrected chi connectivity index (χ4v) is 3.77. The van der Waals surface area contributed by atoms with Gasteiger partial charge >= 0.3 is 5.97 Å². The standard InChI is InChI=1S/C28H29N3O6/c1-17(13-27(33)34)18(2)36-25-16-21(10-12-23(25)35-3)29-26(32)15-19-9-11-22-24(14-19)37-28(31-22)30-20-7-5-4-6-8-20/h4-12,14,16-18H,13,15H2,1-3H3,(H,29,32)(H,30,31)(H,33,34). The van der Waals surface area contributed by atoms with Crippen LogP contribution in [0.4, 0.5) is 17.4 Å². The fraction of sp³-hybridized carbons (Fsp3) is 0.250. The van der Waals surface area contributed by atoms with Crippen LogP contribution in [0.2, 0.25) is 0 Å². The average molecular weight is 504 g/mol. The molecule has 9 nitrogen and oxygen atoms in total. The van der Waals surface area contributed by atoms with E-state index >= 15 is 0 Å². The number of aliphatic carboxylic acids is 1. The number of oxazole rings is 1. The Hall–Kier alpha value is -4.53. The number of benzene rings is 3. The summed E-state index contributed by atoms with van der Waals surface area (Å²) >= 11 is 0. The summed E-state index contributed by atoms with van der Waals surface area (Å²) < 4.78 is 17.1. The third-order valence-electron chi connectivity index (χ3n) is 5.90. The first-order chi connectivity index (χ1) is 17.8. The first kappa shape index (κ1) is 25.6. The minimum atomic E-state index is -0.886. The van der Waals surface area contributed by atoms with E-state index in [0.717, 1.165) is 11.3 Å². The lowest BCUT2D eigenvalue weighted by Gasteiger charge is -2.22. The number of nitrogens with zero attached hydrogens (tertiary/aromatic N) is 1. The summed E-state index contributed by atoms with van der Waals surface area (Å²) in [4.78, 5) is 28.2. The maximum atomic E-state index is 12.8. The van der Waals surface area contributed by atoms with Crippen molar-refractivity contribution in [3.8, 4) is 11.5 Å². The first-order valence-electron chi connectivity index (χ1n) is 11.9. The van der Waals surface area contributed by atoms with Gasteiger partial charge in [0.1, 0.15) is 5.52 Å². The molecule has 4 aromatic rings. The Morgan fingerprint density at radius 1 is 1.00 bits per heavy atom. The van der Waals surface area contributed by atoms with Crippen molar-refractivity contribution in [1.29, 1.82) is 0 Å². The van der Waals surface area contributed by atoms with Gasteiger partial charge in [0.2, 0.25) is 5.91 Å². The molecule has 0 saturated carbocycles. The van der Waals surface area contributed by atoms with E-state index in [1.807, 2.05) is 49.4 Å². The Bertz CT molecular complexity index is 1390.